The molecule has 0 N–H and O–H groups in total. The van der Waals surface area contributed by atoms with E-state index in [0.29, 0.717) is 6.08 Å². The van der Waals surface area contributed by atoms with Crippen molar-refractivity contribution in [2.45, 2.75) is 5.92 Å². The second-order valence-corrected chi connectivity index (χ2v) is 3.27. The lowest BCUT2D eigenvalue weighted by molar-refractivity contribution is 0.0526. The van der Waals surface area contributed by atoms with Crippen molar-refractivity contribution < 1.29 is 8.78 Å². The predicted molar refractivity (Wildman–Crippen MR) is 54.9 cm³/mol. The third-order valence-electron chi connectivity index (χ3n) is 2.02. The molecule has 76 valence electrons. The van der Waals surface area contributed by atoms with Crippen LogP contribution in [0.3, 0.4) is 0 Å². The van der Waals surface area contributed by atoms with Gasteiger partial charge in [0.25, 0.3) is 5.92 Å². The van der Waals surface area contributed by atoms with Crippen LogP contribution < -0.4 is 4.90 Å². The summed E-state index contributed by atoms with van der Waals surface area (Å²) in [6.45, 7) is 3.11. The van der Waals surface area contributed by atoms with Crippen LogP contribution in [0.15, 0.2) is 36.9 Å². The van der Waals surface area contributed by atoms with Crippen molar-refractivity contribution in [1.29, 1.82) is 0 Å². The first kappa shape index (κ1) is 10.7. The number of hydrogen-bond acceptors (Lipinski definition) is 1. The van der Waals surface area contributed by atoms with E-state index in [9.17, 15) is 8.78 Å². The molecule has 0 fully saturated rings. The second kappa shape index (κ2) is 3.78. The molecule has 0 amide bonds. The Morgan fingerprint density at radius 1 is 1.21 bits per heavy atom. The molecule has 14 heavy (non-hydrogen) atoms. The van der Waals surface area contributed by atoms with Crippen molar-refractivity contribution in [2.24, 2.45) is 0 Å². The molecule has 0 aromatic heterocycles. The van der Waals surface area contributed by atoms with Crippen molar-refractivity contribution in [2.75, 3.05) is 19.0 Å². The SMILES string of the molecule is C=CC(F)(F)c1ccc(N(C)C)cc1. The molecule has 0 unspecified atom stereocenters. The quantitative estimate of drug-likeness (QED) is 0.673. The van der Waals surface area contributed by atoms with E-state index in [4.69, 9.17) is 0 Å². The first-order valence-corrected chi connectivity index (χ1v) is 4.26. The molecule has 1 nitrogen and oxygen atoms in total. The monoisotopic (exact) mass is 197 g/mol. The summed E-state index contributed by atoms with van der Waals surface area (Å²) >= 11 is 0. The average Bonchev–Trinajstić information content (AvgIpc) is 2.18. The molecule has 1 aromatic carbocycles. The molecule has 0 bridgehead atoms. The van der Waals surface area contributed by atoms with Crippen LogP contribution >= 0.6 is 0 Å². The summed E-state index contributed by atoms with van der Waals surface area (Å²) in [4.78, 5) is 1.86. The van der Waals surface area contributed by atoms with Crippen LogP contribution in [0, 0.1) is 0 Å². The molecule has 0 heterocycles. The summed E-state index contributed by atoms with van der Waals surface area (Å²) < 4.78 is 26.2. The van der Waals surface area contributed by atoms with Gasteiger partial charge in [-0.1, -0.05) is 18.7 Å². The molecule has 0 aliphatic carbocycles. The minimum atomic E-state index is -2.94. The standard InChI is InChI=1S/C11H13F2N/c1-4-11(12,13)9-5-7-10(8-6-9)14(2)3/h4-8H,1H2,2-3H3. The summed E-state index contributed by atoms with van der Waals surface area (Å²) in [5.41, 5.74) is 0.867. The Morgan fingerprint density at radius 3 is 2.07 bits per heavy atom. The molecular weight excluding hydrogens is 184 g/mol. The Labute approximate surface area is 82.7 Å². The molecule has 0 saturated carbocycles. The molecule has 0 radical (unpaired) electrons. The third-order valence-corrected chi connectivity index (χ3v) is 2.02. The summed E-state index contributed by atoms with van der Waals surface area (Å²) in [5, 5.41) is 0. The van der Waals surface area contributed by atoms with E-state index < -0.39 is 5.92 Å². The smallest absolute Gasteiger partial charge is 0.291 e. The fourth-order valence-corrected chi connectivity index (χ4v) is 1.10. The number of alkyl halides is 2. The number of hydrogen-bond donors (Lipinski definition) is 0. The molecule has 0 spiro atoms. The van der Waals surface area contributed by atoms with Gasteiger partial charge in [-0.25, -0.2) is 0 Å². The zero-order valence-electron chi connectivity index (χ0n) is 8.30. The minimum Gasteiger partial charge on any atom is -0.378 e. The van der Waals surface area contributed by atoms with Crippen LogP contribution in [0.1, 0.15) is 5.56 Å². The van der Waals surface area contributed by atoms with Crippen molar-refractivity contribution in [3.8, 4) is 0 Å². The van der Waals surface area contributed by atoms with Gasteiger partial charge in [0.05, 0.1) is 0 Å². The molecule has 1 rings (SSSR count). The van der Waals surface area contributed by atoms with Gasteiger partial charge in [-0.2, -0.15) is 8.78 Å². The molecule has 1 aromatic rings. The summed E-state index contributed by atoms with van der Waals surface area (Å²) in [7, 11) is 3.72. The molecule has 0 aliphatic heterocycles. The van der Waals surface area contributed by atoms with Crippen molar-refractivity contribution >= 4 is 5.69 Å². The Morgan fingerprint density at radius 2 is 1.71 bits per heavy atom. The van der Waals surface area contributed by atoms with Crippen LogP contribution in [-0.2, 0) is 5.92 Å². The molecular formula is C11H13F2N. The van der Waals surface area contributed by atoms with Gasteiger partial charge >= 0.3 is 0 Å². The van der Waals surface area contributed by atoms with Gasteiger partial charge in [-0.15, -0.1) is 0 Å². The lowest BCUT2D eigenvalue weighted by Crippen LogP contribution is -2.11. The van der Waals surface area contributed by atoms with Crippen LogP contribution in [0.5, 0.6) is 0 Å². The van der Waals surface area contributed by atoms with Crippen LogP contribution in [0.4, 0.5) is 14.5 Å². The van der Waals surface area contributed by atoms with Gasteiger partial charge in [0.2, 0.25) is 0 Å². The highest BCUT2D eigenvalue weighted by molar-refractivity contribution is 5.47. The van der Waals surface area contributed by atoms with Gasteiger partial charge in [0.15, 0.2) is 0 Å². The predicted octanol–water partition coefficient (Wildman–Crippen LogP) is 3.03. The Kier molecular flexibility index (Phi) is 2.89. The van der Waals surface area contributed by atoms with Crippen molar-refractivity contribution in [1.82, 2.24) is 0 Å². The maximum absolute atomic E-state index is 13.1. The Balaban J connectivity index is 2.99. The maximum Gasteiger partial charge on any atom is 0.291 e. The van der Waals surface area contributed by atoms with E-state index in [1.807, 2.05) is 19.0 Å². The normalized spacial score (nSPS) is 11.1. The second-order valence-electron chi connectivity index (χ2n) is 3.27. The van der Waals surface area contributed by atoms with Crippen LogP contribution in [0.25, 0.3) is 0 Å². The number of allylic oxidation sites excluding steroid dienone is 1. The van der Waals surface area contributed by atoms with E-state index in [0.717, 1.165) is 5.69 Å². The zero-order chi connectivity index (χ0) is 10.8. The van der Waals surface area contributed by atoms with Gasteiger partial charge < -0.3 is 4.90 Å². The highest BCUT2D eigenvalue weighted by atomic mass is 19.3. The Hall–Kier alpha value is -1.38. The maximum atomic E-state index is 13.1. The third kappa shape index (κ3) is 2.10. The summed E-state index contributed by atoms with van der Waals surface area (Å²) in [6.07, 6.45) is 0.650. The van der Waals surface area contributed by atoms with Crippen LogP contribution in [-0.4, -0.2) is 14.1 Å². The zero-order valence-corrected chi connectivity index (χ0v) is 8.30. The number of rotatable bonds is 3. The van der Waals surface area contributed by atoms with Gasteiger partial charge in [-0.05, 0) is 18.2 Å². The number of benzene rings is 1. The van der Waals surface area contributed by atoms with E-state index >= 15 is 0 Å². The fraction of sp³-hybridized carbons (Fsp3) is 0.273. The Bertz CT molecular complexity index is 315. The van der Waals surface area contributed by atoms with E-state index in [2.05, 4.69) is 6.58 Å². The molecule has 0 aliphatic rings. The topological polar surface area (TPSA) is 3.24 Å². The van der Waals surface area contributed by atoms with Gasteiger partial charge in [-0.3, -0.25) is 0 Å². The number of halogens is 2. The average molecular weight is 197 g/mol. The van der Waals surface area contributed by atoms with E-state index in [1.165, 1.54) is 12.1 Å². The number of nitrogens with zero attached hydrogens (tertiary/aromatic N) is 1. The highest BCUT2D eigenvalue weighted by Crippen LogP contribution is 2.29. The number of anilines is 1. The molecule has 0 saturated heterocycles. The lowest BCUT2D eigenvalue weighted by Gasteiger charge is -2.15. The first-order valence-electron chi connectivity index (χ1n) is 4.26. The van der Waals surface area contributed by atoms with Crippen molar-refractivity contribution in [3.05, 3.63) is 42.5 Å². The minimum absolute atomic E-state index is 0.0295. The molecule has 0 atom stereocenters. The largest absolute Gasteiger partial charge is 0.378 e. The van der Waals surface area contributed by atoms with E-state index in [-0.39, 0.29) is 5.56 Å². The van der Waals surface area contributed by atoms with Gasteiger partial charge in [0, 0.05) is 25.3 Å². The van der Waals surface area contributed by atoms with Crippen molar-refractivity contribution in [3.63, 3.8) is 0 Å². The first-order chi connectivity index (χ1) is 6.47. The van der Waals surface area contributed by atoms with E-state index in [1.54, 1.807) is 12.1 Å². The van der Waals surface area contributed by atoms with Crippen LogP contribution in [0.2, 0.25) is 0 Å². The molecule has 3 heteroatoms. The highest BCUT2D eigenvalue weighted by Gasteiger charge is 2.26. The van der Waals surface area contributed by atoms with Gasteiger partial charge in [0.1, 0.15) is 0 Å². The lowest BCUT2D eigenvalue weighted by atomic mass is 10.1. The summed E-state index contributed by atoms with van der Waals surface area (Å²) in [6, 6.07) is 6.15. The summed E-state index contributed by atoms with van der Waals surface area (Å²) in [5.74, 6) is -2.94. The fourth-order valence-electron chi connectivity index (χ4n) is 1.10.